The smallest absolute Gasteiger partial charge is 0.222 e. The summed E-state index contributed by atoms with van der Waals surface area (Å²) in [4.78, 5) is 20.5. The van der Waals surface area contributed by atoms with E-state index in [4.69, 9.17) is 0 Å². The van der Waals surface area contributed by atoms with Crippen LogP contribution in [0.1, 0.15) is 38.2 Å². The third-order valence-electron chi connectivity index (χ3n) is 4.68. The van der Waals surface area contributed by atoms with E-state index in [0.717, 1.165) is 71.0 Å². The molecule has 2 rings (SSSR count). The minimum absolute atomic E-state index is 0. The molecule has 0 aliphatic carbocycles. The van der Waals surface area contributed by atoms with Crippen LogP contribution < -0.4 is 10.6 Å². The molecule has 1 saturated heterocycles. The van der Waals surface area contributed by atoms with Gasteiger partial charge in [-0.2, -0.15) is 0 Å². The molecule has 0 unspecified atom stereocenters. The van der Waals surface area contributed by atoms with Gasteiger partial charge in [-0.25, -0.2) is 0 Å². The topological polar surface area (TPSA) is 60.0 Å². The lowest BCUT2D eigenvalue weighted by atomic mass is 10.2. The van der Waals surface area contributed by atoms with Crippen molar-refractivity contribution in [1.29, 1.82) is 0 Å². The van der Waals surface area contributed by atoms with E-state index in [9.17, 15) is 4.79 Å². The number of nitrogens with zero attached hydrogens (tertiary/aromatic N) is 3. The Morgan fingerprint density at radius 1 is 1.21 bits per heavy atom. The van der Waals surface area contributed by atoms with Gasteiger partial charge in [0.15, 0.2) is 5.96 Å². The quantitative estimate of drug-likeness (QED) is 0.212. The molecule has 1 fully saturated rings. The molecule has 1 aromatic carbocycles. The Kier molecular flexibility index (Phi) is 12.9. The Labute approximate surface area is 187 Å². The van der Waals surface area contributed by atoms with Crippen LogP contribution in [0.5, 0.6) is 0 Å². The van der Waals surface area contributed by atoms with Crippen LogP contribution in [0.4, 0.5) is 0 Å². The first-order chi connectivity index (χ1) is 13.2. The summed E-state index contributed by atoms with van der Waals surface area (Å²) in [7, 11) is 2.16. The zero-order valence-corrected chi connectivity index (χ0v) is 19.7. The van der Waals surface area contributed by atoms with Gasteiger partial charge < -0.3 is 20.4 Å². The van der Waals surface area contributed by atoms with Crippen LogP contribution in [0.2, 0.25) is 0 Å². The summed E-state index contributed by atoms with van der Waals surface area (Å²) in [6.07, 6.45) is 3.70. The first-order valence-corrected chi connectivity index (χ1v) is 10.2. The third-order valence-corrected chi connectivity index (χ3v) is 4.68. The molecule has 0 radical (unpaired) electrons. The van der Waals surface area contributed by atoms with E-state index in [-0.39, 0.29) is 24.0 Å². The summed E-state index contributed by atoms with van der Waals surface area (Å²) < 4.78 is 0. The minimum atomic E-state index is 0. The van der Waals surface area contributed by atoms with Crippen molar-refractivity contribution < 1.29 is 4.79 Å². The second kappa shape index (κ2) is 14.6. The van der Waals surface area contributed by atoms with Crippen LogP contribution in [0.3, 0.4) is 0 Å². The Bertz CT molecular complexity index is 581. The Morgan fingerprint density at radius 2 is 2.00 bits per heavy atom. The predicted molar refractivity (Wildman–Crippen MR) is 127 cm³/mol. The molecule has 0 aromatic heterocycles. The largest absolute Gasteiger partial charge is 0.357 e. The third kappa shape index (κ3) is 9.73. The lowest BCUT2D eigenvalue weighted by Gasteiger charge is -2.18. The van der Waals surface area contributed by atoms with Gasteiger partial charge in [0, 0.05) is 45.7 Å². The molecular formula is C21H36IN5O. The van der Waals surface area contributed by atoms with Crippen molar-refractivity contribution in [3.63, 3.8) is 0 Å². The highest BCUT2D eigenvalue weighted by molar-refractivity contribution is 14.0. The number of hydrogen-bond donors (Lipinski definition) is 2. The summed E-state index contributed by atoms with van der Waals surface area (Å²) >= 11 is 0. The van der Waals surface area contributed by atoms with E-state index in [1.165, 1.54) is 5.56 Å². The van der Waals surface area contributed by atoms with Crippen LogP contribution in [0, 0.1) is 0 Å². The zero-order valence-electron chi connectivity index (χ0n) is 17.3. The fraction of sp³-hybridized carbons (Fsp3) is 0.619. The average Bonchev–Trinajstić information content (AvgIpc) is 3.08. The second-order valence-electron chi connectivity index (χ2n) is 7.10. The van der Waals surface area contributed by atoms with E-state index in [0.29, 0.717) is 12.3 Å². The average molecular weight is 501 g/mol. The molecule has 158 valence electrons. The highest BCUT2D eigenvalue weighted by Gasteiger charge is 2.18. The molecule has 7 heteroatoms. The Balaban J connectivity index is 0.00000392. The van der Waals surface area contributed by atoms with Crippen molar-refractivity contribution in [3.05, 3.63) is 35.9 Å². The van der Waals surface area contributed by atoms with Crippen LogP contribution >= 0.6 is 24.0 Å². The van der Waals surface area contributed by atoms with Crippen molar-refractivity contribution in [1.82, 2.24) is 20.4 Å². The summed E-state index contributed by atoms with van der Waals surface area (Å²) in [6.45, 7) is 8.33. The van der Waals surface area contributed by atoms with Gasteiger partial charge in [-0.05, 0) is 45.3 Å². The lowest BCUT2D eigenvalue weighted by Crippen LogP contribution is -2.38. The van der Waals surface area contributed by atoms with Gasteiger partial charge in [0.1, 0.15) is 0 Å². The molecule has 6 nitrogen and oxygen atoms in total. The maximum Gasteiger partial charge on any atom is 0.222 e. The monoisotopic (exact) mass is 501 g/mol. The molecular weight excluding hydrogens is 465 g/mol. The van der Waals surface area contributed by atoms with Gasteiger partial charge in [0.2, 0.25) is 5.91 Å². The van der Waals surface area contributed by atoms with Gasteiger partial charge in [-0.15, -0.1) is 24.0 Å². The normalized spacial score (nSPS) is 14.3. The number of aliphatic imine (C=N–C) groups is 1. The number of benzene rings is 1. The lowest BCUT2D eigenvalue weighted by molar-refractivity contribution is -0.127. The fourth-order valence-corrected chi connectivity index (χ4v) is 3.26. The molecule has 1 aliphatic heterocycles. The van der Waals surface area contributed by atoms with E-state index >= 15 is 0 Å². The number of nitrogens with one attached hydrogen (secondary N) is 2. The van der Waals surface area contributed by atoms with Gasteiger partial charge in [0.05, 0.1) is 0 Å². The molecule has 1 aromatic rings. The molecule has 0 atom stereocenters. The van der Waals surface area contributed by atoms with Crippen LogP contribution in [0.15, 0.2) is 35.3 Å². The standard InChI is InChI=1S/C21H35N5O.HI/c1-3-22-21(24-14-9-17-26-16-7-12-20(26)27)23-13-8-15-25(2)18-19-10-5-4-6-11-19;/h4-6,10-11H,3,7-9,12-18H2,1-2H3,(H2,22,23,24);1H. The number of carbonyl (C=O) groups is 1. The van der Waals surface area contributed by atoms with Crippen molar-refractivity contribution in [2.75, 3.05) is 46.3 Å². The number of hydrogen-bond acceptors (Lipinski definition) is 3. The number of guanidine groups is 1. The first-order valence-electron chi connectivity index (χ1n) is 10.2. The highest BCUT2D eigenvalue weighted by Crippen LogP contribution is 2.09. The molecule has 28 heavy (non-hydrogen) atoms. The minimum Gasteiger partial charge on any atom is -0.357 e. The SMILES string of the molecule is CCNC(=NCCCN1CCCC1=O)NCCCN(C)Cc1ccccc1.I. The molecule has 2 N–H and O–H groups in total. The van der Waals surface area contributed by atoms with Crippen LogP contribution in [-0.4, -0.2) is 68.0 Å². The van der Waals surface area contributed by atoms with E-state index < -0.39 is 0 Å². The zero-order chi connectivity index (χ0) is 19.3. The van der Waals surface area contributed by atoms with E-state index in [1.54, 1.807) is 0 Å². The Hall–Kier alpha value is -1.35. The molecule has 0 bridgehead atoms. The molecule has 0 spiro atoms. The van der Waals surface area contributed by atoms with Crippen molar-refractivity contribution in [3.8, 4) is 0 Å². The molecule has 1 aliphatic rings. The molecule has 1 amide bonds. The first kappa shape index (κ1) is 24.7. The van der Waals surface area contributed by atoms with Crippen LogP contribution in [-0.2, 0) is 11.3 Å². The predicted octanol–water partition coefficient (Wildman–Crippen LogP) is 2.69. The summed E-state index contributed by atoms with van der Waals surface area (Å²) in [6, 6.07) is 10.6. The molecule has 0 saturated carbocycles. The van der Waals surface area contributed by atoms with E-state index in [2.05, 4.69) is 64.8 Å². The van der Waals surface area contributed by atoms with E-state index in [1.807, 2.05) is 4.90 Å². The summed E-state index contributed by atoms with van der Waals surface area (Å²) in [5, 5.41) is 6.70. The summed E-state index contributed by atoms with van der Waals surface area (Å²) in [5.41, 5.74) is 1.35. The van der Waals surface area contributed by atoms with Crippen molar-refractivity contribution in [2.45, 2.75) is 39.2 Å². The van der Waals surface area contributed by atoms with Crippen molar-refractivity contribution in [2.24, 2.45) is 4.99 Å². The van der Waals surface area contributed by atoms with Gasteiger partial charge in [0.25, 0.3) is 0 Å². The van der Waals surface area contributed by atoms with Crippen molar-refractivity contribution >= 4 is 35.8 Å². The van der Waals surface area contributed by atoms with Gasteiger partial charge >= 0.3 is 0 Å². The highest BCUT2D eigenvalue weighted by atomic mass is 127. The number of likely N-dealkylation sites (tertiary alicyclic amines) is 1. The Morgan fingerprint density at radius 3 is 2.68 bits per heavy atom. The van der Waals surface area contributed by atoms with Gasteiger partial charge in [-0.3, -0.25) is 9.79 Å². The maximum atomic E-state index is 11.6. The summed E-state index contributed by atoms with van der Waals surface area (Å²) in [5.74, 6) is 1.17. The number of carbonyl (C=O) groups excluding carboxylic acids is 1. The number of amides is 1. The fourth-order valence-electron chi connectivity index (χ4n) is 3.26. The molecule has 1 heterocycles. The second-order valence-corrected chi connectivity index (χ2v) is 7.10. The number of halogens is 1. The number of rotatable bonds is 11. The van der Waals surface area contributed by atoms with Gasteiger partial charge in [-0.1, -0.05) is 30.3 Å². The maximum absolute atomic E-state index is 11.6. The van der Waals surface area contributed by atoms with Crippen LogP contribution in [0.25, 0.3) is 0 Å².